The third-order valence-corrected chi connectivity index (χ3v) is 5.45. The van der Waals surface area contributed by atoms with Crippen LogP contribution in [0.3, 0.4) is 0 Å². The maximum atomic E-state index is 12.9. The van der Waals surface area contributed by atoms with E-state index in [4.69, 9.17) is 4.74 Å². The van der Waals surface area contributed by atoms with Gasteiger partial charge < -0.3 is 10.1 Å². The maximum absolute atomic E-state index is 12.9. The minimum atomic E-state index is -4.45. The van der Waals surface area contributed by atoms with E-state index in [1.54, 1.807) is 6.07 Å². The van der Waals surface area contributed by atoms with Gasteiger partial charge in [-0.1, -0.05) is 50.2 Å². The van der Waals surface area contributed by atoms with Crippen LogP contribution >= 0.6 is 0 Å². The fraction of sp³-hybridized carbons (Fsp3) is 0.259. The first kappa shape index (κ1) is 24.3. The van der Waals surface area contributed by atoms with Crippen LogP contribution in [-0.2, 0) is 30.5 Å². The van der Waals surface area contributed by atoms with Crippen molar-refractivity contribution in [1.82, 2.24) is 15.1 Å². The first-order valence-electron chi connectivity index (χ1n) is 11.3. The monoisotopic (exact) mass is 481 g/mol. The average Bonchev–Trinajstić information content (AvgIpc) is 3.19. The topological polar surface area (TPSA) is 56.1 Å². The van der Waals surface area contributed by atoms with E-state index in [2.05, 4.69) is 24.3 Å². The second kappa shape index (κ2) is 10.2. The van der Waals surface area contributed by atoms with Gasteiger partial charge in [-0.05, 0) is 41.8 Å². The van der Waals surface area contributed by atoms with Crippen LogP contribution in [-0.4, -0.2) is 15.7 Å². The van der Waals surface area contributed by atoms with Crippen molar-refractivity contribution in [1.29, 1.82) is 0 Å². The van der Waals surface area contributed by atoms with Crippen LogP contribution in [0.25, 0.3) is 10.9 Å². The van der Waals surface area contributed by atoms with E-state index >= 15 is 0 Å². The molecule has 1 N–H and O–H groups in total. The molecule has 0 saturated carbocycles. The molecular weight excluding hydrogens is 455 g/mol. The lowest BCUT2D eigenvalue weighted by atomic mass is 10.1. The zero-order valence-electron chi connectivity index (χ0n) is 19.5. The van der Waals surface area contributed by atoms with Crippen molar-refractivity contribution in [2.45, 2.75) is 39.5 Å². The van der Waals surface area contributed by atoms with Gasteiger partial charge in [0.1, 0.15) is 11.5 Å². The number of ether oxygens (including phenoxy) is 1. The Balaban J connectivity index is 1.42. The summed E-state index contributed by atoms with van der Waals surface area (Å²) in [6.07, 6.45) is -2.78. The van der Waals surface area contributed by atoms with Crippen molar-refractivity contribution in [3.63, 3.8) is 0 Å². The van der Waals surface area contributed by atoms with Gasteiger partial charge in [0.15, 0.2) is 0 Å². The Morgan fingerprint density at radius 1 is 1.06 bits per heavy atom. The molecule has 4 aromatic rings. The molecule has 0 radical (unpaired) electrons. The van der Waals surface area contributed by atoms with Crippen LogP contribution in [0.5, 0.6) is 11.5 Å². The summed E-state index contributed by atoms with van der Waals surface area (Å²) in [5.74, 6) is 1.33. The first-order chi connectivity index (χ1) is 16.7. The minimum Gasteiger partial charge on any atom is -0.457 e. The number of carbonyl (C=O) groups is 1. The third-order valence-electron chi connectivity index (χ3n) is 5.45. The molecule has 0 atom stereocenters. The molecule has 1 heterocycles. The van der Waals surface area contributed by atoms with Gasteiger partial charge in [0, 0.05) is 24.0 Å². The number of halogens is 3. The Bertz CT molecular complexity index is 1330. The summed E-state index contributed by atoms with van der Waals surface area (Å²) < 4.78 is 46.8. The minimum absolute atomic E-state index is 0.149. The Kier molecular flexibility index (Phi) is 7.10. The molecule has 0 fully saturated rings. The molecule has 1 aromatic heterocycles. The molecule has 8 heteroatoms. The highest BCUT2D eigenvalue weighted by Gasteiger charge is 2.30. The molecule has 35 heavy (non-hydrogen) atoms. The highest BCUT2D eigenvalue weighted by atomic mass is 19.4. The molecule has 5 nitrogen and oxygen atoms in total. The number of aromatic nitrogens is 2. The summed E-state index contributed by atoms with van der Waals surface area (Å²) in [5.41, 5.74) is 1.31. The quantitative estimate of drug-likeness (QED) is 0.319. The van der Waals surface area contributed by atoms with E-state index < -0.39 is 11.7 Å². The van der Waals surface area contributed by atoms with Crippen molar-refractivity contribution in [3.05, 3.63) is 89.6 Å². The number of hydrogen-bond donors (Lipinski definition) is 1. The second-order valence-corrected chi connectivity index (χ2v) is 8.80. The standard InChI is InChI=1S/C27H26F3N3O2/c1-18(2)17-33-24-11-10-23(14-21(24)16-32-33)35-25-9-4-3-7-20(25)15-31-26(34)13-19-6-5-8-22(12-19)27(28,29)30/h3-12,14,16,18H,13,15,17H2,1-2H3,(H,31,34). The van der Waals surface area contributed by atoms with Gasteiger partial charge >= 0.3 is 6.18 Å². The number of amides is 1. The summed E-state index contributed by atoms with van der Waals surface area (Å²) in [4.78, 5) is 12.4. The Morgan fingerprint density at radius 3 is 2.63 bits per heavy atom. The van der Waals surface area contributed by atoms with E-state index in [9.17, 15) is 18.0 Å². The van der Waals surface area contributed by atoms with Crippen LogP contribution < -0.4 is 10.1 Å². The largest absolute Gasteiger partial charge is 0.457 e. The molecule has 0 bridgehead atoms. The zero-order chi connectivity index (χ0) is 25.0. The number of nitrogens with one attached hydrogen (secondary N) is 1. The van der Waals surface area contributed by atoms with Crippen LogP contribution in [0.2, 0.25) is 0 Å². The van der Waals surface area contributed by atoms with Gasteiger partial charge in [0.25, 0.3) is 0 Å². The van der Waals surface area contributed by atoms with Crippen molar-refractivity contribution in [2.24, 2.45) is 5.92 Å². The highest BCUT2D eigenvalue weighted by molar-refractivity contribution is 5.80. The second-order valence-electron chi connectivity index (χ2n) is 8.80. The highest BCUT2D eigenvalue weighted by Crippen LogP contribution is 2.30. The molecular formula is C27H26F3N3O2. The molecule has 1 amide bonds. The lowest BCUT2D eigenvalue weighted by Gasteiger charge is -2.13. The zero-order valence-corrected chi connectivity index (χ0v) is 19.5. The molecule has 0 spiro atoms. The van der Waals surface area contributed by atoms with Gasteiger partial charge in [0.05, 0.1) is 23.7 Å². The SMILES string of the molecule is CC(C)Cn1ncc2cc(Oc3ccccc3CNC(=O)Cc3cccc(C(F)(F)F)c3)ccc21. The summed E-state index contributed by atoms with van der Waals surface area (Å²) in [7, 11) is 0. The molecule has 0 saturated heterocycles. The molecule has 0 aliphatic rings. The van der Waals surface area contributed by atoms with Crippen LogP contribution in [0.15, 0.2) is 72.9 Å². The molecule has 0 aliphatic heterocycles. The van der Waals surface area contributed by atoms with Crippen molar-refractivity contribution >= 4 is 16.8 Å². The van der Waals surface area contributed by atoms with E-state index in [0.717, 1.165) is 35.1 Å². The maximum Gasteiger partial charge on any atom is 0.416 e. The van der Waals surface area contributed by atoms with E-state index in [0.29, 0.717) is 23.0 Å². The van der Waals surface area contributed by atoms with Gasteiger partial charge in [-0.2, -0.15) is 18.3 Å². The van der Waals surface area contributed by atoms with Crippen molar-refractivity contribution < 1.29 is 22.7 Å². The molecule has 3 aromatic carbocycles. The molecule has 0 aliphatic carbocycles. The number of benzene rings is 3. The molecule has 4 rings (SSSR count). The number of carbonyl (C=O) groups excluding carboxylic acids is 1. The van der Waals surface area contributed by atoms with Crippen LogP contribution in [0.4, 0.5) is 13.2 Å². The van der Waals surface area contributed by atoms with Gasteiger partial charge in [-0.25, -0.2) is 0 Å². The predicted molar refractivity (Wildman–Crippen MR) is 128 cm³/mol. The fourth-order valence-corrected chi connectivity index (χ4v) is 3.80. The van der Waals surface area contributed by atoms with Crippen LogP contribution in [0.1, 0.15) is 30.5 Å². The average molecular weight is 482 g/mol. The van der Waals surface area contributed by atoms with Crippen molar-refractivity contribution in [3.8, 4) is 11.5 Å². The number of nitrogens with zero attached hydrogens (tertiary/aromatic N) is 2. The predicted octanol–water partition coefficient (Wildman–Crippen LogP) is 6.36. The van der Waals surface area contributed by atoms with Gasteiger partial charge in [-0.15, -0.1) is 0 Å². The summed E-state index contributed by atoms with van der Waals surface area (Å²) in [5, 5.41) is 8.19. The first-order valence-corrected chi connectivity index (χ1v) is 11.3. The number of hydrogen-bond acceptors (Lipinski definition) is 3. The van der Waals surface area contributed by atoms with E-state index in [-0.39, 0.29) is 18.9 Å². The summed E-state index contributed by atoms with van der Waals surface area (Å²) >= 11 is 0. The number of fused-ring (bicyclic) bond motifs is 1. The molecule has 0 unspecified atom stereocenters. The number of para-hydroxylation sites is 1. The van der Waals surface area contributed by atoms with Gasteiger partial charge in [0.2, 0.25) is 5.91 Å². The normalized spacial score (nSPS) is 11.7. The Labute approximate surface area is 201 Å². The van der Waals surface area contributed by atoms with Crippen LogP contribution in [0, 0.1) is 5.92 Å². The lowest BCUT2D eigenvalue weighted by Crippen LogP contribution is -2.24. The Morgan fingerprint density at radius 2 is 1.86 bits per heavy atom. The number of alkyl halides is 3. The lowest BCUT2D eigenvalue weighted by molar-refractivity contribution is -0.137. The van der Waals surface area contributed by atoms with E-state index in [1.807, 2.05) is 47.3 Å². The smallest absolute Gasteiger partial charge is 0.416 e. The summed E-state index contributed by atoms with van der Waals surface area (Å²) in [6, 6.07) is 17.9. The third kappa shape index (κ3) is 6.20. The number of rotatable bonds is 8. The van der Waals surface area contributed by atoms with E-state index in [1.165, 1.54) is 12.1 Å². The van der Waals surface area contributed by atoms with Gasteiger partial charge in [-0.3, -0.25) is 9.48 Å². The summed E-state index contributed by atoms with van der Waals surface area (Å²) in [6.45, 7) is 5.29. The fourth-order valence-electron chi connectivity index (χ4n) is 3.80. The molecule has 182 valence electrons. The Hall–Kier alpha value is -3.81. The van der Waals surface area contributed by atoms with Crippen molar-refractivity contribution in [2.75, 3.05) is 0 Å².